The zero-order valence-electron chi connectivity index (χ0n) is 9.39. The van der Waals surface area contributed by atoms with E-state index in [9.17, 15) is 4.79 Å². The Labute approximate surface area is 95.5 Å². The molecule has 0 radical (unpaired) electrons. The number of carbonyl (C=O) groups excluding carboxylic acids is 1. The van der Waals surface area contributed by atoms with Gasteiger partial charge in [0.2, 0.25) is 5.91 Å². The molecule has 88 valence electrons. The van der Waals surface area contributed by atoms with Gasteiger partial charge in [-0.1, -0.05) is 30.3 Å². The summed E-state index contributed by atoms with van der Waals surface area (Å²) in [7, 11) is 0. The van der Waals surface area contributed by atoms with Gasteiger partial charge in [0.15, 0.2) is 0 Å². The van der Waals surface area contributed by atoms with E-state index in [0.29, 0.717) is 6.42 Å². The molecule has 0 aliphatic rings. The van der Waals surface area contributed by atoms with Crippen molar-refractivity contribution in [3.05, 3.63) is 35.9 Å². The first kappa shape index (κ1) is 12.7. The minimum atomic E-state index is -0.573. The molecule has 2 unspecified atom stereocenters. The Balaban J connectivity index is 2.46. The molecule has 0 aliphatic heterocycles. The van der Waals surface area contributed by atoms with Gasteiger partial charge in [0.1, 0.15) is 0 Å². The van der Waals surface area contributed by atoms with Crippen LogP contribution >= 0.6 is 0 Å². The summed E-state index contributed by atoms with van der Waals surface area (Å²) < 4.78 is 0. The van der Waals surface area contributed by atoms with Crippen LogP contribution in [0.1, 0.15) is 12.5 Å². The quantitative estimate of drug-likeness (QED) is 0.659. The first-order valence-corrected chi connectivity index (χ1v) is 5.34. The third-order valence-electron chi connectivity index (χ3n) is 2.30. The first-order valence-electron chi connectivity index (χ1n) is 5.34. The van der Waals surface area contributed by atoms with Crippen molar-refractivity contribution in [2.45, 2.75) is 25.4 Å². The van der Waals surface area contributed by atoms with Crippen molar-refractivity contribution >= 4 is 5.91 Å². The first-order chi connectivity index (χ1) is 7.63. The fourth-order valence-electron chi connectivity index (χ4n) is 1.36. The molecule has 1 rings (SSSR count). The maximum atomic E-state index is 11.6. The van der Waals surface area contributed by atoms with Gasteiger partial charge in [-0.2, -0.15) is 0 Å². The number of nitrogens with two attached hydrogens (primary N) is 1. The summed E-state index contributed by atoms with van der Waals surface area (Å²) in [6.45, 7) is 1.65. The van der Waals surface area contributed by atoms with E-state index >= 15 is 0 Å². The van der Waals surface area contributed by atoms with Crippen LogP contribution in [0, 0.1) is 0 Å². The van der Waals surface area contributed by atoms with Gasteiger partial charge in [-0.25, -0.2) is 0 Å². The normalized spacial score (nSPS) is 14.2. The standard InChI is InChI=1S/C12H18N2O2/c1-9(8-15)14-12(16)11(13)7-10-5-3-2-4-6-10/h2-6,9,11,15H,7-8,13H2,1H3,(H,14,16). The van der Waals surface area contributed by atoms with Gasteiger partial charge in [0.05, 0.1) is 12.6 Å². The lowest BCUT2D eigenvalue weighted by atomic mass is 10.1. The highest BCUT2D eigenvalue weighted by Gasteiger charge is 2.15. The third kappa shape index (κ3) is 4.00. The Bertz CT molecular complexity index is 327. The summed E-state index contributed by atoms with van der Waals surface area (Å²) in [5, 5.41) is 11.4. The highest BCUT2D eigenvalue weighted by atomic mass is 16.3. The van der Waals surface area contributed by atoms with Gasteiger partial charge in [0, 0.05) is 6.04 Å². The van der Waals surface area contributed by atoms with Crippen LogP contribution < -0.4 is 11.1 Å². The van der Waals surface area contributed by atoms with Crippen molar-refractivity contribution in [2.75, 3.05) is 6.61 Å². The molecule has 0 spiro atoms. The Hall–Kier alpha value is -1.39. The van der Waals surface area contributed by atoms with Gasteiger partial charge < -0.3 is 16.2 Å². The smallest absolute Gasteiger partial charge is 0.237 e. The molecular formula is C12H18N2O2. The van der Waals surface area contributed by atoms with E-state index in [1.54, 1.807) is 6.92 Å². The molecule has 0 saturated heterocycles. The van der Waals surface area contributed by atoms with Crippen LogP contribution in [-0.4, -0.2) is 29.7 Å². The lowest BCUT2D eigenvalue weighted by Gasteiger charge is -2.15. The van der Waals surface area contributed by atoms with E-state index in [4.69, 9.17) is 10.8 Å². The zero-order chi connectivity index (χ0) is 12.0. The van der Waals surface area contributed by atoms with Crippen molar-refractivity contribution in [1.29, 1.82) is 0 Å². The Kier molecular flexibility index (Phi) is 4.95. The van der Waals surface area contributed by atoms with Gasteiger partial charge in [-0.05, 0) is 18.9 Å². The number of rotatable bonds is 5. The average molecular weight is 222 g/mol. The van der Waals surface area contributed by atoms with Crippen LogP contribution in [0.3, 0.4) is 0 Å². The highest BCUT2D eigenvalue weighted by molar-refractivity contribution is 5.82. The van der Waals surface area contributed by atoms with E-state index < -0.39 is 6.04 Å². The molecule has 4 heteroatoms. The van der Waals surface area contributed by atoms with Crippen LogP contribution in [0.25, 0.3) is 0 Å². The second-order valence-electron chi connectivity index (χ2n) is 3.89. The molecule has 1 aromatic rings. The molecule has 0 heterocycles. The summed E-state index contributed by atoms with van der Waals surface area (Å²) in [6, 6.07) is 8.78. The Morgan fingerprint density at radius 1 is 1.44 bits per heavy atom. The minimum absolute atomic E-state index is 0.0796. The zero-order valence-corrected chi connectivity index (χ0v) is 9.39. The second kappa shape index (κ2) is 6.25. The SMILES string of the molecule is CC(CO)NC(=O)C(N)Cc1ccccc1. The number of aliphatic hydroxyl groups excluding tert-OH is 1. The van der Waals surface area contributed by atoms with E-state index in [0.717, 1.165) is 5.56 Å². The minimum Gasteiger partial charge on any atom is -0.394 e. The van der Waals surface area contributed by atoms with Crippen LogP contribution in [-0.2, 0) is 11.2 Å². The number of nitrogens with one attached hydrogen (secondary N) is 1. The monoisotopic (exact) mass is 222 g/mol. The number of carbonyl (C=O) groups is 1. The second-order valence-corrected chi connectivity index (χ2v) is 3.89. The van der Waals surface area contributed by atoms with Gasteiger partial charge in [-0.3, -0.25) is 4.79 Å². The topological polar surface area (TPSA) is 75.3 Å². The number of amides is 1. The molecule has 2 atom stereocenters. The Morgan fingerprint density at radius 2 is 2.06 bits per heavy atom. The van der Waals surface area contributed by atoms with Gasteiger partial charge in [0.25, 0.3) is 0 Å². The van der Waals surface area contributed by atoms with Crippen LogP contribution in [0.4, 0.5) is 0 Å². The van der Waals surface area contributed by atoms with E-state index in [-0.39, 0.29) is 18.6 Å². The summed E-state index contributed by atoms with van der Waals surface area (Å²) in [5.41, 5.74) is 6.79. The Morgan fingerprint density at radius 3 is 2.62 bits per heavy atom. The summed E-state index contributed by atoms with van der Waals surface area (Å²) in [4.78, 5) is 11.6. The molecule has 0 bridgehead atoms. The highest BCUT2D eigenvalue weighted by Crippen LogP contribution is 2.01. The predicted octanol–water partition coefficient (Wildman–Crippen LogP) is 0.0534. The van der Waals surface area contributed by atoms with E-state index in [2.05, 4.69) is 5.32 Å². The summed E-state index contributed by atoms with van der Waals surface area (Å²) in [6.07, 6.45) is 0.505. The molecule has 0 fully saturated rings. The molecule has 4 nitrogen and oxygen atoms in total. The molecule has 0 aliphatic carbocycles. The fraction of sp³-hybridized carbons (Fsp3) is 0.417. The van der Waals surface area contributed by atoms with Crippen molar-refractivity contribution in [3.63, 3.8) is 0 Å². The number of hydrogen-bond acceptors (Lipinski definition) is 3. The van der Waals surface area contributed by atoms with E-state index in [1.807, 2.05) is 30.3 Å². The number of aliphatic hydroxyl groups is 1. The lowest BCUT2D eigenvalue weighted by Crippen LogP contribution is -2.46. The molecule has 16 heavy (non-hydrogen) atoms. The molecule has 0 saturated carbocycles. The summed E-state index contributed by atoms with van der Waals surface area (Å²) in [5.74, 6) is -0.231. The van der Waals surface area contributed by atoms with Crippen molar-refractivity contribution in [2.24, 2.45) is 5.73 Å². The maximum Gasteiger partial charge on any atom is 0.237 e. The summed E-state index contributed by atoms with van der Waals surface area (Å²) >= 11 is 0. The lowest BCUT2D eigenvalue weighted by molar-refractivity contribution is -0.123. The van der Waals surface area contributed by atoms with Gasteiger partial charge >= 0.3 is 0 Å². The molecule has 1 amide bonds. The molecular weight excluding hydrogens is 204 g/mol. The van der Waals surface area contributed by atoms with Crippen LogP contribution in [0.2, 0.25) is 0 Å². The fourth-order valence-corrected chi connectivity index (χ4v) is 1.36. The number of benzene rings is 1. The van der Waals surface area contributed by atoms with Crippen molar-refractivity contribution in [3.8, 4) is 0 Å². The van der Waals surface area contributed by atoms with E-state index in [1.165, 1.54) is 0 Å². The van der Waals surface area contributed by atoms with Crippen LogP contribution in [0.15, 0.2) is 30.3 Å². The molecule has 1 aromatic carbocycles. The molecule has 0 aromatic heterocycles. The number of hydrogen-bond donors (Lipinski definition) is 3. The average Bonchev–Trinajstić information content (AvgIpc) is 2.30. The van der Waals surface area contributed by atoms with Crippen molar-refractivity contribution in [1.82, 2.24) is 5.32 Å². The molecule has 4 N–H and O–H groups in total. The predicted molar refractivity (Wildman–Crippen MR) is 62.8 cm³/mol. The largest absolute Gasteiger partial charge is 0.394 e. The van der Waals surface area contributed by atoms with Crippen LogP contribution in [0.5, 0.6) is 0 Å². The van der Waals surface area contributed by atoms with Crippen molar-refractivity contribution < 1.29 is 9.90 Å². The van der Waals surface area contributed by atoms with Gasteiger partial charge in [-0.15, -0.1) is 0 Å². The maximum absolute atomic E-state index is 11.6. The third-order valence-corrected chi connectivity index (χ3v) is 2.30.